The van der Waals surface area contributed by atoms with Gasteiger partial charge in [-0.3, -0.25) is 0 Å². The van der Waals surface area contributed by atoms with Gasteiger partial charge in [0.05, 0.1) is 6.04 Å². The van der Waals surface area contributed by atoms with E-state index in [4.69, 9.17) is 0 Å². The van der Waals surface area contributed by atoms with Gasteiger partial charge in [0, 0.05) is 4.88 Å². The molecule has 0 aliphatic carbocycles. The fourth-order valence-corrected chi connectivity index (χ4v) is 2.74. The molecule has 0 amide bonds. The lowest BCUT2D eigenvalue weighted by Gasteiger charge is -2.18. The van der Waals surface area contributed by atoms with Crippen LogP contribution >= 0.6 is 11.3 Å². The van der Waals surface area contributed by atoms with Gasteiger partial charge in [-0.1, -0.05) is 25.1 Å². The van der Waals surface area contributed by atoms with Crippen LogP contribution in [0, 0.1) is 12.7 Å². The summed E-state index contributed by atoms with van der Waals surface area (Å²) in [6.07, 6.45) is 1.07. The molecule has 0 saturated carbocycles. The van der Waals surface area contributed by atoms with Gasteiger partial charge in [-0.25, -0.2) is 4.39 Å². The van der Waals surface area contributed by atoms with Crippen molar-refractivity contribution in [2.75, 3.05) is 6.54 Å². The van der Waals surface area contributed by atoms with E-state index in [2.05, 4.69) is 23.7 Å². The third-order valence-electron chi connectivity index (χ3n) is 2.96. The van der Waals surface area contributed by atoms with Crippen LogP contribution in [0.5, 0.6) is 0 Å². The van der Waals surface area contributed by atoms with Crippen LogP contribution in [0.2, 0.25) is 0 Å². The first-order chi connectivity index (χ1) is 8.72. The Balaban J connectivity index is 2.30. The molecule has 0 fully saturated rings. The van der Waals surface area contributed by atoms with E-state index in [0.717, 1.165) is 18.5 Å². The molecule has 1 N–H and O–H groups in total. The lowest BCUT2D eigenvalue weighted by Crippen LogP contribution is -2.22. The number of nitrogens with one attached hydrogen (secondary N) is 1. The number of aryl methyl sites for hydroxylation is 1. The summed E-state index contributed by atoms with van der Waals surface area (Å²) >= 11 is 1.70. The molecule has 3 heteroatoms. The Kier molecular flexibility index (Phi) is 4.50. The SMILES string of the molecule is CCCNC(c1ccc(C)c(F)c1)c1cccs1. The van der Waals surface area contributed by atoms with Gasteiger partial charge in [0.15, 0.2) is 0 Å². The van der Waals surface area contributed by atoms with Gasteiger partial charge in [0.1, 0.15) is 5.82 Å². The average Bonchev–Trinajstić information content (AvgIpc) is 2.88. The number of hydrogen-bond acceptors (Lipinski definition) is 2. The van der Waals surface area contributed by atoms with Crippen LogP contribution < -0.4 is 5.32 Å². The summed E-state index contributed by atoms with van der Waals surface area (Å²) in [6, 6.07) is 9.72. The van der Waals surface area contributed by atoms with E-state index < -0.39 is 0 Å². The minimum atomic E-state index is -0.132. The highest BCUT2D eigenvalue weighted by atomic mass is 32.1. The van der Waals surface area contributed by atoms with Crippen molar-refractivity contribution in [2.45, 2.75) is 26.3 Å². The molecule has 96 valence electrons. The third-order valence-corrected chi connectivity index (χ3v) is 3.89. The zero-order valence-corrected chi connectivity index (χ0v) is 11.6. The maximum Gasteiger partial charge on any atom is 0.126 e. The van der Waals surface area contributed by atoms with E-state index in [9.17, 15) is 4.39 Å². The Morgan fingerprint density at radius 2 is 2.17 bits per heavy atom. The second-order valence-electron chi connectivity index (χ2n) is 4.41. The highest BCUT2D eigenvalue weighted by Crippen LogP contribution is 2.27. The summed E-state index contributed by atoms with van der Waals surface area (Å²) in [6.45, 7) is 4.85. The van der Waals surface area contributed by atoms with Crippen LogP contribution in [-0.4, -0.2) is 6.54 Å². The number of halogens is 1. The molecule has 0 radical (unpaired) electrons. The predicted octanol–water partition coefficient (Wildman–Crippen LogP) is 4.28. The first-order valence-corrected chi connectivity index (χ1v) is 7.13. The maximum atomic E-state index is 13.7. The molecule has 1 heterocycles. The normalized spacial score (nSPS) is 12.6. The molecule has 1 nitrogen and oxygen atoms in total. The summed E-state index contributed by atoms with van der Waals surface area (Å²) in [5.41, 5.74) is 1.69. The number of hydrogen-bond donors (Lipinski definition) is 1. The van der Waals surface area contributed by atoms with Crippen molar-refractivity contribution < 1.29 is 4.39 Å². The summed E-state index contributed by atoms with van der Waals surface area (Å²) in [7, 11) is 0. The fourth-order valence-electron chi connectivity index (χ4n) is 1.92. The Labute approximate surface area is 112 Å². The Bertz CT molecular complexity index is 493. The number of thiophene rings is 1. The minimum absolute atomic E-state index is 0.0973. The molecule has 0 bridgehead atoms. The van der Waals surface area contributed by atoms with Crippen LogP contribution in [0.4, 0.5) is 4.39 Å². The Hall–Kier alpha value is -1.19. The molecule has 1 atom stereocenters. The van der Waals surface area contributed by atoms with Gasteiger partial charge in [-0.15, -0.1) is 11.3 Å². The Morgan fingerprint density at radius 3 is 2.78 bits per heavy atom. The molecule has 0 spiro atoms. The van der Waals surface area contributed by atoms with Gasteiger partial charge in [-0.2, -0.15) is 0 Å². The summed E-state index contributed by atoms with van der Waals surface area (Å²) in [5, 5.41) is 5.53. The molecular weight excluding hydrogens is 245 g/mol. The third kappa shape index (κ3) is 2.98. The van der Waals surface area contributed by atoms with Crippen molar-refractivity contribution in [1.29, 1.82) is 0 Å². The predicted molar refractivity (Wildman–Crippen MR) is 75.6 cm³/mol. The number of benzene rings is 1. The van der Waals surface area contributed by atoms with Gasteiger partial charge >= 0.3 is 0 Å². The van der Waals surface area contributed by atoms with Crippen molar-refractivity contribution in [3.8, 4) is 0 Å². The first-order valence-electron chi connectivity index (χ1n) is 6.25. The minimum Gasteiger partial charge on any atom is -0.306 e. The highest BCUT2D eigenvalue weighted by molar-refractivity contribution is 7.10. The molecule has 0 saturated heterocycles. The first kappa shape index (κ1) is 13.2. The van der Waals surface area contributed by atoms with E-state index in [-0.39, 0.29) is 11.9 Å². The van der Waals surface area contributed by atoms with Crippen LogP contribution in [0.25, 0.3) is 0 Å². The van der Waals surface area contributed by atoms with Crippen molar-refractivity contribution in [3.63, 3.8) is 0 Å². The van der Waals surface area contributed by atoms with Gasteiger partial charge in [0.2, 0.25) is 0 Å². The molecule has 1 aromatic carbocycles. The molecule has 1 aromatic heterocycles. The molecule has 2 aromatic rings. The van der Waals surface area contributed by atoms with Gasteiger partial charge < -0.3 is 5.32 Å². The maximum absolute atomic E-state index is 13.7. The van der Waals surface area contributed by atoms with E-state index >= 15 is 0 Å². The van der Waals surface area contributed by atoms with Crippen LogP contribution in [-0.2, 0) is 0 Å². The van der Waals surface area contributed by atoms with E-state index in [1.165, 1.54) is 4.88 Å². The molecular formula is C15H18FNS. The lowest BCUT2D eigenvalue weighted by molar-refractivity contribution is 0.587. The molecule has 2 rings (SSSR count). The summed E-state index contributed by atoms with van der Waals surface area (Å²) in [5.74, 6) is -0.132. The van der Waals surface area contributed by atoms with Crippen molar-refractivity contribution >= 4 is 11.3 Å². The molecule has 18 heavy (non-hydrogen) atoms. The van der Waals surface area contributed by atoms with Crippen LogP contribution in [0.15, 0.2) is 35.7 Å². The molecule has 0 aliphatic rings. The smallest absolute Gasteiger partial charge is 0.126 e. The summed E-state index contributed by atoms with van der Waals surface area (Å²) < 4.78 is 13.7. The summed E-state index contributed by atoms with van der Waals surface area (Å²) in [4.78, 5) is 1.23. The van der Waals surface area contributed by atoms with Crippen molar-refractivity contribution in [1.82, 2.24) is 5.32 Å². The fraction of sp³-hybridized carbons (Fsp3) is 0.333. The second-order valence-corrected chi connectivity index (χ2v) is 5.39. The van der Waals surface area contributed by atoms with Crippen LogP contribution in [0.1, 0.15) is 35.4 Å². The highest BCUT2D eigenvalue weighted by Gasteiger charge is 2.15. The quantitative estimate of drug-likeness (QED) is 0.848. The topological polar surface area (TPSA) is 12.0 Å². The standard InChI is InChI=1S/C15H18FNS/c1-3-8-17-15(14-5-4-9-18-14)12-7-6-11(2)13(16)10-12/h4-7,9-10,15,17H,3,8H2,1-2H3. The van der Waals surface area contributed by atoms with E-state index in [1.807, 2.05) is 18.2 Å². The number of rotatable bonds is 5. The second kappa shape index (κ2) is 6.12. The largest absolute Gasteiger partial charge is 0.306 e. The van der Waals surface area contributed by atoms with E-state index in [0.29, 0.717) is 5.56 Å². The molecule has 0 aliphatic heterocycles. The zero-order valence-electron chi connectivity index (χ0n) is 10.7. The van der Waals surface area contributed by atoms with Crippen molar-refractivity contribution in [3.05, 3.63) is 57.5 Å². The lowest BCUT2D eigenvalue weighted by atomic mass is 10.0. The Morgan fingerprint density at radius 1 is 1.33 bits per heavy atom. The zero-order chi connectivity index (χ0) is 13.0. The monoisotopic (exact) mass is 263 g/mol. The van der Waals surface area contributed by atoms with Crippen molar-refractivity contribution in [2.24, 2.45) is 0 Å². The average molecular weight is 263 g/mol. The van der Waals surface area contributed by atoms with Crippen LogP contribution in [0.3, 0.4) is 0 Å². The van der Waals surface area contributed by atoms with Gasteiger partial charge in [0.25, 0.3) is 0 Å². The van der Waals surface area contributed by atoms with Gasteiger partial charge in [-0.05, 0) is 48.5 Å². The van der Waals surface area contributed by atoms with E-state index in [1.54, 1.807) is 24.3 Å². The molecule has 1 unspecified atom stereocenters.